The summed E-state index contributed by atoms with van der Waals surface area (Å²) in [7, 11) is 0. The maximum absolute atomic E-state index is 5.30. The predicted octanol–water partition coefficient (Wildman–Crippen LogP) is 12.2. The van der Waals surface area contributed by atoms with Gasteiger partial charge in [0, 0.05) is 51.0 Å². The van der Waals surface area contributed by atoms with Gasteiger partial charge in [0.2, 0.25) is 0 Å². The quantitative estimate of drug-likeness (QED) is 0.184. The molecule has 52 heavy (non-hydrogen) atoms. The molecule has 0 atom stereocenters. The molecule has 4 heteroatoms. The molecular weight excluding hydrogens is 633 g/mol. The minimum absolute atomic E-state index is 0.637. The molecule has 0 fully saturated rings. The number of hydrogen-bond acceptors (Lipinski definition) is 4. The normalized spacial score (nSPS) is 11.5. The third-order valence-electron chi connectivity index (χ3n) is 9.88. The van der Waals surface area contributed by atoms with Crippen LogP contribution in [0.15, 0.2) is 182 Å². The zero-order valence-electron chi connectivity index (χ0n) is 28.1. The lowest BCUT2D eigenvalue weighted by Crippen LogP contribution is -1.98. The first-order valence-corrected chi connectivity index (χ1v) is 17.4. The van der Waals surface area contributed by atoms with Crippen LogP contribution in [0.2, 0.25) is 0 Å². The van der Waals surface area contributed by atoms with Crippen LogP contribution in [0.3, 0.4) is 0 Å². The lowest BCUT2D eigenvalue weighted by atomic mass is 9.96. The second-order valence-electron chi connectivity index (χ2n) is 13.2. The maximum atomic E-state index is 5.30. The van der Waals surface area contributed by atoms with Crippen LogP contribution in [0.25, 0.3) is 99.5 Å². The number of aromatic nitrogens is 4. The third-order valence-corrected chi connectivity index (χ3v) is 9.88. The van der Waals surface area contributed by atoms with E-state index in [0.29, 0.717) is 5.82 Å². The monoisotopic (exact) mass is 662 g/mol. The Hall–Kier alpha value is -7.04. The summed E-state index contributed by atoms with van der Waals surface area (Å²) in [6.45, 7) is 0. The predicted molar refractivity (Wildman–Crippen MR) is 215 cm³/mol. The summed E-state index contributed by atoms with van der Waals surface area (Å²) < 4.78 is 0. The molecule has 0 spiro atoms. The highest BCUT2D eigenvalue weighted by Gasteiger charge is 2.16. The third kappa shape index (κ3) is 5.44. The Balaban J connectivity index is 1.22. The number of rotatable bonds is 5. The van der Waals surface area contributed by atoms with Crippen molar-refractivity contribution in [1.29, 1.82) is 0 Å². The van der Waals surface area contributed by atoms with Gasteiger partial charge >= 0.3 is 0 Å². The molecule has 0 amide bonds. The average Bonchev–Trinajstić information content (AvgIpc) is 3.22. The highest BCUT2D eigenvalue weighted by molar-refractivity contribution is 5.97. The van der Waals surface area contributed by atoms with Crippen LogP contribution in [0.1, 0.15) is 0 Å². The molecule has 0 radical (unpaired) electrons. The Bertz CT molecular complexity index is 2880. The summed E-state index contributed by atoms with van der Waals surface area (Å²) in [6, 6.07) is 59.5. The van der Waals surface area contributed by atoms with E-state index in [1.54, 1.807) is 0 Å². The number of fused-ring (bicyclic) bond motifs is 4. The van der Waals surface area contributed by atoms with Gasteiger partial charge in [-0.25, -0.2) is 9.97 Å². The fourth-order valence-electron chi connectivity index (χ4n) is 7.20. The van der Waals surface area contributed by atoms with E-state index in [9.17, 15) is 0 Å². The zero-order chi connectivity index (χ0) is 34.4. The van der Waals surface area contributed by atoms with Gasteiger partial charge in [-0.1, -0.05) is 121 Å². The van der Waals surface area contributed by atoms with E-state index in [4.69, 9.17) is 19.9 Å². The minimum Gasteiger partial charge on any atom is -0.256 e. The van der Waals surface area contributed by atoms with Crippen molar-refractivity contribution < 1.29 is 0 Å². The fraction of sp³-hybridized carbons (Fsp3) is 0. The van der Waals surface area contributed by atoms with Crippen molar-refractivity contribution in [3.8, 4) is 56.4 Å². The van der Waals surface area contributed by atoms with Crippen molar-refractivity contribution in [2.45, 2.75) is 0 Å². The molecule has 0 bridgehead atoms. The number of hydrogen-bond donors (Lipinski definition) is 0. The first kappa shape index (κ1) is 29.8. The van der Waals surface area contributed by atoms with Crippen molar-refractivity contribution in [1.82, 2.24) is 19.9 Å². The molecule has 0 N–H and O–H groups in total. The summed E-state index contributed by atoms with van der Waals surface area (Å²) in [5, 5.41) is 9.18. The summed E-state index contributed by atoms with van der Waals surface area (Å²) >= 11 is 0. The second kappa shape index (κ2) is 12.4. The summed E-state index contributed by atoms with van der Waals surface area (Å²) in [4.78, 5) is 20.5. The lowest BCUT2D eigenvalue weighted by Gasteiger charge is -2.14. The molecule has 0 aliphatic rings. The van der Waals surface area contributed by atoms with Crippen LogP contribution in [0.5, 0.6) is 0 Å². The molecule has 0 saturated carbocycles. The lowest BCUT2D eigenvalue weighted by molar-refractivity contribution is 1.18. The summed E-state index contributed by atoms with van der Waals surface area (Å²) in [5.74, 6) is 0.637. The van der Waals surface area contributed by atoms with E-state index in [1.165, 1.54) is 21.5 Å². The number of nitrogens with zero attached hydrogens (tertiary/aromatic N) is 4. The minimum atomic E-state index is 0.637. The van der Waals surface area contributed by atoms with E-state index in [1.807, 2.05) is 18.5 Å². The molecule has 242 valence electrons. The first-order valence-electron chi connectivity index (χ1n) is 17.4. The molecule has 0 unspecified atom stereocenters. The van der Waals surface area contributed by atoms with Crippen molar-refractivity contribution in [3.63, 3.8) is 0 Å². The van der Waals surface area contributed by atoms with Gasteiger partial charge in [-0.3, -0.25) is 9.97 Å². The standard InChI is InChI=1S/C48H30N4/c1-3-12-34-23-37(19-17-31(34)9-1)45-29-46(38-20-18-32-10-2-4-13-35(32)24-38)52-48(51-45)42-26-40(44-28-36-14-5-6-15-39(36)30-50-44)25-41(27-42)47-43-16-8-7-11-33(43)21-22-49-47/h1-30H. The highest BCUT2D eigenvalue weighted by atomic mass is 14.9. The molecule has 7 aromatic carbocycles. The van der Waals surface area contributed by atoms with Crippen molar-refractivity contribution >= 4 is 43.1 Å². The van der Waals surface area contributed by atoms with Crippen LogP contribution < -0.4 is 0 Å². The van der Waals surface area contributed by atoms with E-state index in [-0.39, 0.29) is 0 Å². The largest absolute Gasteiger partial charge is 0.256 e. The van der Waals surface area contributed by atoms with Gasteiger partial charge in [0.15, 0.2) is 5.82 Å². The Morgan fingerprint density at radius 1 is 0.308 bits per heavy atom. The van der Waals surface area contributed by atoms with Gasteiger partial charge in [-0.05, 0) is 80.8 Å². The molecule has 10 rings (SSSR count). The molecule has 3 aromatic heterocycles. The average molecular weight is 663 g/mol. The molecule has 0 aliphatic heterocycles. The smallest absolute Gasteiger partial charge is 0.160 e. The van der Waals surface area contributed by atoms with Crippen LogP contribution in [-0.2, 0) is 0 Å². The zero-order valence-corrected chi connectivity index (χ0v) is 28.1. The van der Waals surface area contributed by atoms with Gasteiger partial charge in [-0.15, -0.1) is 0 Å². The van der Waals surface area contributed by atoms with E-state index >= 15 is 0 Å². The molecule has 0 saturated heterocycles. The van der Waals surface area contributed by atoms with Gasteiger partial charge in [0.05, 0.1) is 22.8 Å². The van der Waals surface area contributed by atoms with Gasteiger partial charge in [0.1, 0.15) is 0 Å². The molecule has 4 nitrogen and oxygen atoms in total. The van der Waals surface area contributed by atoms with E-state index in [0.717, 1.165) is 72.1 Å². The maximum Gasteiger partial charge on any atom is 0.160 e. The Morgan fingerprint density at radius 2 is 0.846 bits per heavy atom. The Labute approximate surface area is 300 Å². The van der Waals surface area contributed by atoms with Gasteiger partial charge in [0.25, 0.3) is 0 Å². The summed E-state index contributed by atoms with van der Waals surface area (Å²) in [5.41, 5.74) is 8.41. The second-order valence-corrected chi connectivity index (χ2v) is 13.2. The molecule has 10 aromatic rings. The van der Waals surface area contributed by atoms with E-state index in [2.05, 4.69) is 164 Å². The van der Waals surface area contributed by atoms with Gasteiger partial charge in [-0.2, -0.15) is 0 Å². The van der Waals surface area contributed by atoms with Crippen LogP contribution in [0, 0.1) is 0 Å². The Kier molecular flexibility index (Phi) is 7.10. The van der Waals surface area contributed by atoms with Crippen LogP contribution in [0.4, 0.5) is 0 Å². The number of pyridine rings is 2. The van der Waals surface area contributed by atoms with Crippen molar-refractivity contribution in [2.75, 3.05) is 0 Å². The molecular formula is C48H30N4. The van der Waals surface area contributed by atoms with Gasteiger partial charge < -0.3 is 0 Å². The van der Waals surface area contributed by atoms with Crippen molar-refractivity contribution in [2.24, 2.45) is 0 Å². The SMILES string of the molecule is c1ccc2cc(-c3cc(-c4ccc5ccccc5c4)nc(-c4cc(-c5cc6ccccc6cn5)cc(-c5nccc6ccccc56)c4)n3)ccc2c1. The van der Waals surface area contributed by atoms with E-state index < -0.39 is 0 Å². The fourth-order valence-corrected chi connectivity index (χ4v) is 7.20. The van der Waals surface area contributed by atoms with Crippen LogP contribution in [-0.4, -0.2) is 19.9 Å². The Morgan fingerprint density at radius 3 is 1.52 bits per heavy atom. The van der Waals surface area contributed by atoms with Crippen LogP contribution >= 0.6 is 0 Å². The first-order chi connectivity index (χ1) is 25.7. The topological polar surface area (TPSA) is 51.6 Å². The summed E-state index contributed by atoms with van der Waals surface area (Å²) in [6.07, 6.45) is 3.83. The molecule has 3 heterocycles. The highest BCUT2D eigenvalue weighted by Crippen LogP contribution is 2.36. The number of benzene rings is 7. The van der Waals surface area contributed by atoms with Crippen molar-refractivity contribution in [3.05, 3.63) is 182 Å². The molecule has 0 aliphatic carbocycles.